The Labute approximate surface area is 107 Å². The Morgan fingerprint density at radius 3 is 3.00 bits per heavy atom. The van der Waals surface area contributed by atoms with E-state index in [0.717, 1.165) is 31.0 Å². The van der Waals surface area contributed by atoms with Crippen LogP contribution in [-0.4, -0.2) is 33.7 Å². The molecule has 2 N–H and O–H groups in total. The van der Waals surface area contributed by atoms with E-state index in [-0.39, 0.29) is 6.04 Å². The number of rotatable bonds is 2. The maximum absolute atomic E-state index is 6.00. The first-order valence-corrected chi connectivity index (χ1v) is 6.46. The summed E-state index contributed by atoms with van der Waals surface area (Å²) in [7, 11) is 0. The molecule has 0 saturated carbocycles. The largest absolute Gasteiger partial charge is 0.356 e. The normalized spacial score (nSPS) is 21.7. The van der Waals surface area contributed by atoms with E-state index < -0.39 is 0 Å². The van der Waals surface area contributed by atoms with Crippen molar-refractivity contribution in [3.8, 4) is 0 Å². The van der Waals surface area contributed by atoms with Crippen molar-refractivity contribution < 1.29 is 0 Å². The van der Waals surface area contributed by atoms with Gasteiger partial charge in [0.1, 0.15) is 12.1 Å². The van der Waals surface area contributed by atoms with Gasteiger partial charge in [-0.3, -0.25) is 0 Å². The molecule has 5 heteroatoms. The standard InChI is InChI=1S/C13H19N5/c1-9-5-12-15-8-16-18(12)13(6-9)17-4-3-11(7-17)10(2)14/h5-6,8,10-11H,3-4,7,14H2,1-2H3. The molecule has 2 aromatic heterocycles. The van der Waals surface area contributed by atoms with Gasteiger partial charge < -0.3 is 10.6 Å². The SMILES string of the molecule is Cc1cc(N2CCC(C(C)N)C2)n2ncnc2c1. The van der Waals surface area contributed by atoms with Crippen molar-refractivity contribution in [1.82, 2.24) is 14.6 Å². The molecule has 1 fully saturated rings. The lowest BCUT2D eigenvalue weighted by Gasteiger charge is -2.20. The Morgan fingerprint density at radius 2 is 2.28 bits per heavy atom. The number of aryl methyl sites for hydroxylation is 1. The van der Waals surface area contributed by atoms with Crippen molar-refractivity contribution in [3.63, 3.8) is 0 Å². The molecule has 0 spiro atoms. The topological polar surface area (TPSA) is 59.5 Å². The summed E-state index contributed by atoms with van der Waals surface area (Å²) in [4.78, 5) is 6.63. The molecule has 1 saturated heterocycles. The fourth-order valence-corrected chi connectivity index (χ4v) is 2.69. The van der Waals surface area contributed by atoms with Crippen LogP contribution in [0.5, 0.6) is 0 Å². The minimum absolute atomic E-state index is 0.256. The van der Waals surface area contributed by atoms with Gasteiger partial charge in [0, 0.05) is 19.1 Å². The van der Waals surface area contributed by atoms with Gasteiger partial charge in [-0.1, -0.05) is 0 Å². The molecule has 2 unspecified atom stereocenters. The molecule has 96 valence electrons. The lowest BCUT2D eigenvalue weighted by molar-refractivity contribution is 0.487. The number of anilines is 1. The molecular formula is C13H19N5. The van der Waals surface area contributed by atoms with Crippen LogP contribution in [0.2, 0.25) is 0 Å². The van der Waals surface area contributed by atoms with Crippen molar-refractivity contribution in [2.45, 2.75) is 26.3 Å². The van der Waals surface area contributed by atoms with E-state index in [1.165, 1.54) is 5.56 Å². The fourth-order valence-electron chi connectivity index (χ4n) is 2.69. The monoisotopic (exact) mass is 245 g/mol. The number of hydrogen-bond acceptors (Lipinski definition) is 4. The Hall–Kier alpha value is -1.62. The summed E-state index contributed by atoms with van der Waals surface area (Å²) in [5.41, 5.74) is 8.13. The van der Waals surface area contributed by atoms with Crippen molar-refractivity contribution in [3.05, 3.63) is 24.0 Å². The Kier molecular flexibility index (Phi) is 2.70. The van der Waals surface area contributed by atoms with Gasteiger partial charge in [-0.15, -0.1) is 0 Å². The smallest absolute Gasteiger partial charge is 0.157 e. The maximum Gasteiger partial charge on any atom is 0.157 e. The molecule has 5 nitrogen and oxygen atoms in total. The maximum atomic E-state index is 6.00. The molecule has 0 aromatic carbocycles. The predicted molar refractivity (Wildman–Crippen MR) is 71.7 cm³/mol. The highest BCUT2D eigenvalue weighted by Crippen LogP contribution is 2.26. The first-order valence-electron chi connectivity index (χ1n) is 6.46. The molecule has 1 aliphatic heterocycles. The Balaban J connectivity index is 1.97. The third kappa shape index (κ3) is 1.84. The summed E-state index contributed by atoms with van der Waals surface area (Å²) in [5.74, 6) is 1.70. The molecule has 0 amide bonds. The number of nitrogens with zero attached hydrogens (tertiary/aromatic N) is 4. The van der Waals surface area contributed by atoms with E-state index in [4.69, 9.17) is 5.73 Å². The minimum atomic E-state index is 0.256. The fraction of sp³-hybridized carbons (Fsp3) is 0.538. The highest BCUT2D eigenvalue weighted by molar-refractivity contribution is 5.53. The van der Waals surface area contributed by atoms with Crippen molar-refractivity contribution in [2.24, 2.45) is 11.7 Å². The highest BCUT2D eigenvalue weighted by Gasteiger charge is 2.26. The van der Waals surface area contributed by atoms with E-state index in [1.54, 1.807) is 6.33 Å². The summed E-state index contributed by atoms with van der Waals surface area (Å²) in [6.45, 7) is 6.24. The van der Waals surface area contributed by atoms with Gasteiger partial charge in [-0.05, 0) is 43.9 Å². The average molecular weight is 245 g/mol. The molecule has 1 aliphatic rings. The molecule has 2 aromatic rings. The van der Waals surface area contributed by atoms with Crippen LogP contribution in [0.4, 0.5) is 5.82 Å². The third-order valence-corrected chi connectivity index (χ3v) is 3.80. The molecule has 3 heterocycles. The Bertz CT molecular complexity index is 560. The number of hydrogen-bond donors (Lipinski definition) is 1. The van der Waals surface area contributed by atoms with Crippen LogP contribution in [0.3, 0.4) is 0 Å². The van der Waals surface area contributed by atoms with E-state index >= 15 is 0 Å². The van der Waals surface area contributed by atoms with Crippen LogP contribution in [0.1, 0.15) is 18.9 Å². The minimum Gasteiger partial charge on any atom is -0.356 e. The van der Waals surface area contributed by atoms with Gasteiger partial charge in [-0.2, -0.15) is 9.61 Å². The van der Waals surface area contributed by atoms with Gasteiger partial charge >= 0.3 is 0 Å². The number of pyridine rings is 1. The molecule has 2 atom stereocenters. The molecule has 18 heavy (non-hydrogen) atoms. The zero-order valence-electron chi connectivity index (χ0n) is 10.9. The van der Waals surface area contributed by atoms with Crippen molar-refractivity contribution >= 4 is 11.5 Å². The van der Waals surface area contributed by atoms with E-state index in [1.807, 2.05) is 4.52 Å². The number of fused-ring (bicyclic) bond motifs is 1. The first-order chi connectivity index (χ1) is 8.65. The second kappa shape index (κ2) is 4.24. The molecular weight excluding hydrogens is 226 g/mol. The second-order valence-corrected chi connectivity index (χ2v) is 5.27. The van der Waals surface area contributed by atoms with E-state index in [2.05, 4.69) is 41.0 Å². The second-order valence-electron chi connectivity index (χ2n) is 5.27. The molecule has 0 radical (unpaired) electrons. The molecule has 0 bridgehead atoms. The van der Waals surface area contributed by atoms with Crippen LogP contribution in [0, 0.1) is 12.8 Å². The lowest BCUT2D eigenvalue weighted by atomic mass is 10.0. The zero-order chi connectivity index (χ0) is 12.7. The van der Waals surface area contributed by atoms with Gasteiger partial charge in [0.15, 0.2) is 5.65 Å². The van der Waals surface area contributed by atoms with Gasteiger partial charge in [0.2, 0.25) is 0 Å². The highest BCUT2D eigenvalue weighted by atomic mass is 15.4. The number of nitrogens with two attached hydrogens (primary N) is 1. The van der Waals surface area contributed by atoms with E-state index in [0.29, 0.717) is 5.92 Å². The first kappa shape index (κ1) is 11.5. The summed E-state index contributed by atoms with van der Waals surface area (Å²) in [6, 6.07) is 4.48. The summed E-state index contributed by atoms with van der Waals surface area (Å²) in [5, 5.41) is 4.31. The number of aromatic nitrogens is 3. The third-order valence-electron chi connectivity index (χ3n) is 3.80. The van der Waals surface area contributed by atoms with Gasteiger partial charge in [0.05, 0.1) is 0 Å². The van der Waals surface area contributed by atoms with Crippen LogP contribution in [0.25, 0.3) is 5.65 Å². The average Bonchev–Trinajstić information content (AvgIpc) is 2.95. The molecule has 0 aliphatic carbocycles. The van der Waals surface area contributed by atoms with Gasteiger partial charge in [0.25, 0.3) is 0 Å². The zero-order valence-corrected chi connectivity index (χ0v) is 10.9. The van der Waals surface area contributed by atoms with Gasteiger partial charge in [-0.25, -0.2) is 4.98 Å². The molecule has 3 rings (SSSR count). The van der Waals surface area contributed by atoms with E-state index in [9.17, 15) is 0 Å². The van der Waals surface area contributed by atoms with Crippen LogP contribution in [-0.2, 0) is 0 Å². The van der Waals surface area contributed by atoms with Crippen LogP contribution >= 0.6 is 0 Å². The lowest BCUT2D eigenvalue weighted by Crippen LogP contribution is -2.30. The van der Waals surface area contributed by atoms with Crippen molar-refractivity contribution in [1.29, 1.82) is 0 Å². The predicted octanol–water partition coefficient (Wildman–Crippen LogP) is 1.21. The van der Waals surface area contributed by atoms with Crippen molar-refractivity contribution in [2.75, 3.05) is 18.0 Å². The summed E-state index contributed by atoms with van der Waals surface area (Å²) < 4.78 is 1.91. The van der Waals surface area contributed by atoms with Crippen LogP contribution < -0.4 is 10.6 Å². The summed E-state index contributed by atoms with van der Waals surface area (Å²) >= 11 is 0. The Morgan fingerprint density at radius 1 is 1.44 bits per heavy atom. The summed E-state index contributed by atoms with van der Waals surface area (Å²) in [6.07, 6.45) is 2.76. The quantitative estimate of drug-likeness (QED) is 0.864. The van der Waals surface area contributed by atoms with Crippen LogP contribution in [0.15, 0.2) is 18.5 Å².